The fourth-order valence-corrected chi connectivity index (χ4v) is 5.97. The van der Waals surface area contributed by atoms with Crippen molar-refractivity contribution in [2.45, 2.75) is 48.1 Å². The highest BCUT2D eigenvalue weighted by Crippen LogP contribution is 2.34. The molecule has 5 heteroatoms. The third kappa shape index (κ3) is 4.67. The number of benzene rings is 3. The maximum atomic E-state index is 3.85. The Morgan fingerprint density at radius 3 is 2.16 bits per heavy atom. The van der Waals surface area contributed by atoms with Gasteiger partial charge in [-0.05, 0) is 80.1 Å². The summed E-state index contributed by atoms with van der Waals surface area (Å²) in [5.41, 5.74) is 20.4. The number of nitrogens with one attached hydrogen (secondary N) is 2. The van der Waals surface area contributed by atoms with Crippen molar-refractivity contribution in [1.29, 1.82) is 0 Å². The molecule has 0 unspecified atom stereocenters. The van der Waals surface area contributed by atoms with Crippen molar-refractivity contribution in [3.8, 4) is 0 Å². The molecule has 190 valence electrons. The quantitative estimate of drug-likeness (QED) is 0.397. The number of anilines is 1. The van der Waals surface area contributed by atoms with Gasteiger partial charge in [0.2, 0.25) is 0 Å². The van der Waals surface area contributed by atoms with Crippen LogP contribution in [0.15, 0.2) is 61.3 Å². The maximum Gasteiger partial charge on any atom is 0.254 e. The first-order valence-electron chi connectivity index (χ1n) is 13.0. The lowest BCUT2D eigenvalue weighted by molar-refractivity contribution is -0.430. The molecule has 0 amide bonds. The van der Waals surface area contributed by atoms with Crippen molar-refractivity contribution < 1.29 is 4.58 Å². The normalized spacial score (nSPS) is 15.4. The molecule has 0 spiro atoms. The van der Waals surface area contributed by atoms with E-state index in [0.717, 1.165) is 30.9 Å². The van der Waals surface area contributed by atoms with Crippen molar-refractivity contribution in [3.63, 3.8) is 0 Å². The Hall–Kier alpha value is -3.83. The number of rotatable bonds is 6. The van der Waals surface area contributed by atoms with Crippen LogP contribution in [-0.2, 0) is 6.54 Å². The minimum Gasteiger partial charge on any atom is -0.309 e. The van der Waals surface area contributed by atoms with Gasteiger partial charge in [-0.2, -0.15) is 0 Å². The lowest BCUT2D eigenvalue weighted by atomic mass is 10.0. The maximum absolute atomic E-state index is 3.85. The molecule has 5 rings (SSSR count). The molecule has 2 aliphatic heterocycles. The van der Waals surface area contributed by atoms with Crippen molar-refractivity contribution in [2.75, 3.05) is 18.0 Å². The van der Waals surface area contributed by atoms with Crippen LogP contribution in [0, 0.1) is 34.6 Å². The number of hydrogen-bond acceptors (Lipinski definition) is 4. The molecule has 2 N–H and O–H groups in total. The molecule has 0 atom stereocenters. The second-order valence-corrected chi connectivity index (χ2v) is 10.4. The summed E-state index contributed by atoms with van der Waals surface area (Å²) >= 11 is 0. The molecule has 0 aliphatic carbocycles. The van der Waals surface area contributed by atoms with Gasteiger partial charge in [0.25, 0.3) is 5.84 Å². The lowest BCUT2D eigenvalue weighted by Gasteiger charge is -2.23. The Morgan fingerprint density at radius 2 is 1.54 bits per heavy atom. The number of aryl methyl sites for hydroxylation is 5. The van der Waals surface area contributed by atoms with Crippen LogP contribution in [0.4, 0.5) is 11.4 Å². The highest BCUT2D eigenvalue weighted by molar-refractivity contribution is 5.96. The van der Waals surface area contributed by atoms with Gasteiger partial charge in [0.15, 0.2) is 0 Å². The molecular formula is C32H38N5+. The number of hydrogen-bond donors (Lipinski definition) is 2. The minimum absolute atomic E-state index is 0.763. The van der Waals surface area contributed by atoms with Gasteiger partial charge < -0.3 is 5.43 Å². The van der Waals surface area contributed by atoms with Crippen molar-refractivity contribution in [1.82, 2.24) is 16.0 Å². The van der Waals surface area contributed by atoms with Crippen LogP contribution >= 0.6 is 0 Å². The monoisotopic (exact) mass is 492 g/mol. The summed E-state index contributed by atoms with van der Waals surface area (Å²) in [5.74, 6) is 1.29. The highest BCUT2D eigenvalue weighted by atomic mass is 15.7. The summed E-state index contributed by atoms with van der Waals surface area (Å²) in [6.45, 7) is 20.0. The van der Waals surface area contributed by atoms with E-state index in [1.54, 1.807) is 0 Å². The number of nitrogens with zero attached hydrogens (tertiary/aromatic N) is 3. The predicted octanol–water partition coefficient (Wildman–Crippen LogP) is 6.28. The Morgan fingerprint density at radius 1 is 0.892 bits per heavy atom. The molecule has 37 heavy (non-hydrogen) atoms. The minimum atomic E-state index is 0.763. The molecular weight excluding hydrogens is 454 g/mol. The van der Waals surface area contributed by atoms with E-state index in [1.165, 1.54) is 56.2 Å². The van der Waals surface area contributed by atoms with Crippen molar-refractivity contribution in [3.05, 3.63) is 106 Å². The zero-order valence-electron chi connectivity index (χ0n) is 22.9. The Balaban J connectivity index is 1.43. The van der Waals surface area contributed by atoms with Crippen LogP contribution in [-0.4, -0.2) is 28.5 Å². The van der Waals surface area contributed by atoms with Gasteiger partial charge in [-0.3, -0.25) is 5.01 Å². The molecule has 0 saturated carbocycles. The summed E-state index contributed by atoms with van der Waals surface area (Å²) in [6, 6.07) is 17.7. The Labute approximate surface area is 221 Å². The van der Waals surface area contributed by atoms with Crippen LogP contribution in [0.1, 0.15) is 51.4 Å². The molecule has 0 saturated heterocycles. The topological polar surface area (TPSA) is 33.5 Å². The average molecular weight is 493 g/mol. The summed E-state index contributed by atoms with van der Waals surface area (Å²) in [4.78, 5) is 2.49. The molecule has 0 fully saturated rings. The van der Waals surface area contributed by atoms with E-state index in [2.05, 4.69) is 122 Å². The van der Waals surface area contributed by atoms with Gasteiger partial charge in [-0.15, -0.1) is 5.53 Å². The third-order valence-corrected chi connectivity index (χ3v) is 7.55. The summed E-state index contributed by atoms with van der Waals surface area (Å²) in [6.07, 6.45) is 3.92. The third-order valence-electron chi connectivity index (χ3n) is 7.55. The van der Waals surface area contributed by atoms with E-state index in [0.29, 0.717) is 0 Å². The molecule has 3 aromatic carbocycles. The molecule has 2 aliphatic rings. The highest BCUT2D eigenvalue weighted by Gasteiger charge is 2.33. The summed E-state index contributed by atoms with van der Waals surface area (Å²) in [7, 11) is 0. The largest absolute Gasteiger partial charge is 0.309 e. The molecule has 3 aromatic rings. The van der Waals surface area contributed by atoms with E-state index >= 15 is 0 Å². The zero-order valence-corrected chi connectivity index (χ0v) is 22.9. The van der Waals surface area contributed by atoms with E-state index < -0.39 is 0 Å². The van der Waals surface area contributed by atoms with E-state index in [9.17, 15) is 0 Å². The number of hydrazine groups is 2. The SMILES string of the molecule is C=Cc1ccc(CN2NNC=C2c2cc(C)c(N3CC[N+](c4c(C)cc(C)cc4C)=C3C)c(C)c2)cc1. The summed E-state index contributed by atoms with van der Waals surface area (Å²) < 4.78 is 2.49. The van der Waals surface area contributed by atoms with Gasteiger partial charge in [-0.25, -0.2) is 9.48 Å². The molecule has 0 radical (unpaired) electrons. The lowest BCUT2D eigenvalue weighted by Crippen LogP contribution is -2.36. The fraction of sp³-hybridized carbons (Fsp3) is 0.281. The van der Waals surface area contributed by atoms with Crippen molar-refractivity contribution >= 4 is 29.0 Å². The van der Waals surface area contributed by atoms with Gasteiger partial charge in [0.05, 0.1) is 12.2 Å². The molecule has 0 bridgehead atoms. The predicted molar refractivity (Wildman–Crippen MR) is 156 cm³/mol. The van der Waals surface area contributed by atoms with Crippen LogP contribution in [0.3, 0.4) is 0 Å². The first-order chi connectivity index (χ1) is 17.8. The van der Waals surface area contributed by atoms with Gasteiger partial charge in [-0.1, -0.05) is 54.6 Å². The Bertz CT molecular complexity index is 1380. The van der Waals surface area contributed by atoms with Gasteiger partial charge in [0.1, 0.15) is 24.5 Å². The standard InChI is InChI=1S/C32H38N5/c1-8-27-9-11-28(12-10-27)20-37-30(19-33-34-37)29-17-24(5)32(25(6)18-29)36-14-13-35(26(36)7)31-22(3)15-21(2)16-23(31)4/h8-12,15-19,33-34H,1,13-14,20H2,2-7H3/q+1. The van der Waals surface area contributed by atoms with Crippen LogP contribution < -0.4 is 15.9 Å². The van der Waals surface area contributed by atoms with Crippen LogP contribution in [0.2, 0.25) is 0 Å². The van der Waals surface area contributed by atoms with E-state index in [-0.39, 0.29) is 0 Å². The molecule has 2 heterocycles. The molecule has 5 nitrogen and oxygen atoms in total. The fourth-order valence-electron chi connectivity index (χ4n) is 5.97. The average Bonchev–Trinajstić information content (AvgIpc) is 3.46. The van der Waals surface area contributed by atoms with Gasteiger partial charge >= 0.3 is 0 Å². The smallest absolute Gasteiger partial charge is 0.254 e. The molecule has 0 aromatic heterocycles. The number of amidine groups is 1. The summed E-state index contributed by atoms with van der Waals surface area (Å²) in [5, 5.41) is 2.16. The van der Waals surface area contributed by atoms with Crippen molar-refractivity contribution in [2.24, 2.45) is 0 Å². The Kier molecular flexibility index (Phi) is 6.65. The first kappa shape index (κ1) is 24.8. The second kappa shape index (κ2) is 9.91. The van der Waals surface area contributed by atoms with Crippen LogP contribution in [0.5, 0.6) is 0 Å². The van der Waals surface area contributed by atoms with Gasteiger partial charge in [0, 0.05) is 18.7 Å². The first-order valence-corrected chi connectivity index (χ1v) is 13.0. The van der Waals surface area contributed by atoms with E-state index in [4.69, 9.17) is 0 Å². The van der Waals surface area contributed by atoms with E-state index in [1.807, 2.05) is 12.3 Å². The zero-order chi connectivity index (χ0) is 26.3. The van der Waals surface area contributed by atoms with Crippen LogP contribution in [0.25, 0.3) is 11.8 Å². The second-order valence-electron chi connectivity index (χ2n) is 10.4.